The molecule has 0 heterocycles. The van der Waals surface area contributed by atoms with Gasteiger partial charge < -0.3 is 10.2 Å². The van der Waals surface area contributed by atoms with Crippen LogP contribution >= 0.6 is 0 Å². The Morgan fingerprint density at radius 3 is 1.75 bits per heavy atom. The molecule has 0 bridgehead atoms. The highest BCUT2D eigenvalue weighted by Crippen LogP contribution is 2.38. The summed E-state index contributed by atoms with van der Waals surface area (Å²) in [7, 11) is 0. The molecule has 0 unspecified atom stereocenters. The first-order chi connectivity index (χ1) is 9.57. The number of rotatable bonds is 6. The molecule has 4 nitrogen and oxygen atoms in total. The lowest BCUT2D eigenvalue weighted by atomic mass is 9.73. The molecule has 1 rings (SSSR count). The van der Waals surface area contributed by atoms with Crippen molar-refractivity contribution in [1.29, 1.82) is 0 Å². The first-order valence-corrected chi connectivity index (χ1v) is 8.02. The average molecular weight is 284 g/mol. The molecule has 0 aliphatic heterocycles. The Balaban J connectivity index is 2.55. The molecular weight excluding hydrogens is 256 g/mol. The lowest BCUT2D eigenvalue weighted by Gasteiger charge is -2.30. The van der Waals surface area contributed by atoms with Crippen LogP contribution in [-0.2, 0) is 9.59 Å². The van der Waals surface area contributed by atoms with Gasteiger partial charge in [-0.25, -0.2) is 0 Å². The fourth-order valence-corrected chi connectivity index (χ4v) is 3.25. The molecule has 1 saturated carbocycles. The summed E-state index contributed by atoms with van der Waals surface area (Å²) < 4.78 is 0. The predicted octanol–water partition coefficient (Wildman–Crippen LogP) is 4.23. The Bertz CT molecular complexity index is 302. The van der Waals surface area contributed by atoms with Gasteiger partial charge in [0.2, 0.25) is 0 Å². The lowest BCUT2D eigenvalue weighted by molar-refractivity contribution is -0.150. The van der Waals surface area contributed by atoms with Crippen LogP contribution in [0.2, 0.25) is 0 Å². The quantitative estimate of drug-likeness (QED) is 0.716. The van der Waals surface area contributed by atoms with E-state index in [-0.39, 0.29) is 6.42 Å². The Morgan fingerprint density at radius 2 is 1.30 bits per heavy atom. The van der Waals surface area contributed by atoms with Crippen LogP contribution in [0.3, 0.4) is 0 Å². The van der Waals surface area contributed by atoms with Crippen molar-refractivity contribution in [2.45, 2.75) is 83.5 Å². The predicted molar refractivity (Wildman–Crippen MR) is 77.7 cm³/mol. The molecule has 0 aromatic carbocycles. The molecule has 1 aliphatic carbocycles. The van der Waals surface area contributed by atoms with Gasteiger partial charge in [0, 0.05) is 6.42 Å². The van der Waals surface area contributed by atoms with E-state index in [1.54, 1.807) is 0 Å². The van der Waals surface area contributed by atoms with Gasteiger partial charge >= 0.3 is 11.9 Å². The van der Waals surface area contributed by atoms with Gasteiger partial charge in [-0.05, 0) is 25.7 Å². The number of hydrogen-bond acceptors (Lipinski definition) is 2. The molecule has 1 aliphatic rings. The second-order valence-corrected chi connectivity index (χ2v) is 6.16. The second kappa shape index (κ2) is 8.98. The minimum absolute atomic E-state index is 0.149. The topological polar surface area (TPSA) is 74.6 Å². The van der Waals surface area contributed by atoms with Crippen molar-refractivity contribution in [1.82, 2.24) is 0 Å². The summed E-state index contributed by atoms with van der Waals surface area (Å²) in [5.74, 6) is -1.46. The summed E-state index contributed by atoms with van der Waals surface area (Å²) in [6.07, 6.45) is 11.5. The number of hydrogen-bond donors (Lipinski definition) is 2. The maximum absolute atomic E-state index is 11.8. The minimum atomic E-state index is -0.791. The van der Waals surface area contributed by atoms with Crippen LogP contribution in [-0.4, -0.2) is 22.2 Å². The standard InChI is InChI=1S/C16H28O4/c17-14(18)10-6-9-13-16(15(19)20)11-7-4-2-1-3-5-8-12-16/h1-13H2,(H,17,18)(H,19,20). The third-order valence-electron chi connectivity index (χ3n) is 4.56. The summed E-state index contributed by atoms with van der Waals surface area (Å²) in [5, 5.41) is 18.3. The third kappa shape index (κ3) is 5.93. The molecule has 0 radical (unpaired) electrons. The van der Waals surface area contributed by atoms with Crippen LogP contribution in [0.1, 0.15) is 83.5 Å². The van der Waals surface area contributed by atoms with Crippen molar-refractivity contribution < 1.29 is 19.8 Å². The normalized spacial score (nSPS) is 20.2. The molecule has 1 fully saturated rings. The van der Waals surface area contributed by atoms with Crippen LogP contribution in [0.25, 0.3) is 0 Å². The fourth-order valence-electron chi connectivity index (χ4n) is 3.25. The zero-order chi connectivity index (χ0) is 14.8. The minimum Gasteiger partial charge on any atom is -0.481 e. The van der Waals surface area contributed by atoms with Gasteiger partial charge in [-0.3, -0.25) is 9.59 Å². The van der Waals surface area contributed by atoms with Crippen LogP contribution in [0.4, 0.5) is 0 Å². The highest BCUT2D eigenvalue weighted by atomic mass is 16.4. The van der Waals surface area contributed by atoms with Gasteiger partial charge in [0.1, 0.15) is 0 Å². The van der Waals surface area contributed by atoms with Crippen LogP contribution in [0, 0.1) is 5.41 Å². The van der Waals surface area contributed by atoms with Crippen LogP contribution in [0.5, 0.6) is 0 Å². The molecule has 0 atom stereocenters. The first kappa shape index (κ1) is 17.0. The van der Waals surface area contributed by atoms with E-state index >= 15 is 0 Å². The largest absolute Gasteiger partial charge is 0.481 e. The molecule has 4 heteroatoms. The van der Waals surface area contributed by atoms with Crippen molar-refractivity contribution in [2.24, 2.45) is 5.41 Å². The lowest BCUT2D eigenvalue weighted by Crippen LogP contribution is -2.31. The Morgan fingerprint density at radius 1 is 0.800 bits per heavy atom. The third-order valence-corrected chi connectivity index (χ3v) is 4.56. The highest BCUT2D eigenvalue weighted by molar-refractivity contribution is 5.74. The van der Waals surface area contributed by atoms with Crippen molar-refractivity contribution in [3.05, 3.63) is 0 Å². The van der Waals surface area contributed by atoms with Crippen molar-refractivity contribution in [3.8, 4) is 0 Å². The maximum atomic E-state index is 11.8. The van der Waals surface area contributed by atoms with E-state index < -0.39 is 17.4 Å². The summed E-state index contributed by atoms with van der Waals surface area (Å²) in [6, 6.07) is 0. The molecular formula is C16H28O4. The number of carbonyl (C=O) groups is 2. The van der Waals surface area contributed by atoms with Crippen molar-refractivity contribution in [3.63, 3.8) is 0 Å². The number of aliphatic carboxylic acids is 2. The molecule has 0 saturated heterocycles. The van der Waals surface area contributed by atoms with Crippen molar-refractivity contribution in [2.75, 3.05) is 0 Å². The van der Waals surface area contributed by atoms with Crippen LogP contribution < -0.4 is 0 Å². The number of unbranched alkanes of at least 4 members (excludes halogenated alkanes) is 1. The molecule has 0 aromatic rings. The monoisotopic (exact) mass is 284 g/mol. The zero-order valence-electron chi connectivity index (χ0n) is 12.4. The highest BCUT2D eigenvalue weighted by Gasteiger charge is 2.36. The molecule has 0 amide bonds. The van der Waals surface area contributed by atoms with E-state index in [9.17, 15) is 14.7 Å². The van der Waals surface area contributed by atoms with Gasteiger partial charge in [0.05, 0.1) is 5.41 Å². The molecule has 20 heavy (non-hydrogen) atoms. The maximum Gasteiger partial charge on any atom is 0.309 e. The number of carboxylic acids is 2. The van der Waals surface area contributed by atoms with Gasteiger partial charge in [-0.1, -0.05) is 51.4 Å². The Hall–Kier alpha value is -1.06. The summed E-state index contributed by atoms with van der Waals surface area (Å²) in [6.45, 7) is 0. The van der Waals surface area contributed by atoms with E-state index in [1.807, 2.05) is 0 Å². The molecule has 116 valence electrons. The van der Waals surface area contributed by atoms with Gasteiger partial charge in [-0.15, -0.1) is 0 Å². The Labute approximate surface area is 121 Å². The van der Waals surface area contributed by atoms with E-state index in [0.29, 0.717) is 19.3 Å². The Kier molecular flexibility index (Phi) is 7.63. The van der Waals surface area contributed by atoms with E-state index in [1.165, 1.54) is 19.3 Å². The summed E-state index contributed by atoms with van der Waals surface area (Å²) in [5.41, 5.74) is -0.601. The SMILES string of the molecule is O=C(O)CCCCC1(C(=O)O)CCCCCCCCC1. The van der Waals surface area contributed by atoms with Crippen molar-refractivity contribution >= 4 is 11.9 Å². The first-order valence-electron chi connectivity index (χ1n) is 8.02. The van der Waals surface area contributed by atoms with Gasteiger partial charge in [-0.2, -0.15) is 0 Å². The van der Waals surface area contributed by atoms with E-state index in [2.05, 4.69) is 0 Å². The molecule has 0 spiro atoms. The average Bonchev–Trinajstić information content (AvgIpc) is 2.41. The van der Waals surface area contributed by atoms with Gasteiger partial charge in [0.25, 0.3) is 0 Å². The van der Waals surface area contributed by atoms with Crippen LogP contribution in [0.15, 0.2) is 0 Å². The van der Waals surface area contributed by atoms with E-state index in [0.717, 1.165) is 38.5 Å². The summed E-state index contributed by atoms with van der Waals surface area (Å²) in [4.78, 5) is 22.3. The number of carboxylic acid groups (broad SMARTS) is 2. The fraction of sp³-hybridized carbons (Fsp3) is 0.875. The molecule has 2 N–H and O–H groups in total. The second-order valence-electron chi connectivity index (χ2n) is 6.16. The smallest absolute Gasteiger partial charge is 0.309 e. The van der Waals surface area contributed by atoms with Gasteiger partial charge in [0.15, 0.2) is 0 Å². The van der Waals surface area contributed by atoms with E-state index in [4.69, 9.17) is 5.11 Å². The summed E-state index contributed by atoms with van der Waals surface area (Å²) >= 11 is 0. The zero-order valence-corrected chi connectivity index (χ0v) is 12.4. The molecule has 0 aromatic heterocycles.